The predicted octanol–water partition coefficient (Wildman–Crippen LogP) is 2.17. The first-order valence-corrected chi connectivity index (χ1v) is 7.25. The Morgan fingerprint density at radius 1 is 1.32 bits per heavy atom. The normalized spacial score (nSPS) is 14.6. The van der Waals surface area contributed by atoms with E-state index in [1.807, 2.05) is 0 Å². The van der Waals surface area contributed by atoms with Gasteiger partial charge in [0.1, 0.15) is 5.56 Å². The number of aromatic amines is 1. The van der Waals surface area contributed by atoms with E-state index in [-0.39, 0.29) is 16.9 Å². The van der Waals surface area contributed by atoms with E-state index in [1.165, 1.54) is 0 Å². The maximum absolute atomic E-state index is 12.4. The van der Waals surface area contributed by atoms with Gasteiger partial charge in [-0.25, -0.2) is 0 Å². The largest absolute Gasteiger partial charge is 0.364 e. The van der Waals surface area contributed by atoms with Gasteiger partial charge in [-0.15, -0.1) is 0 Å². The standard InChI is InChI=1S/C15H22N2O2/c1-2-3-9-16-15(19)12-10-17-13-8-6-4-5-7-11(13)14(12)18/h10H,2-9H2,1H3,(H,16,19)(H,17,18). The van der Waals surface area contributed by atoms with Crippen molar-refractivity contribution in [2.75, 3.05) is 6.54 Å². The molecule has 1 aromatic rings. The van der Waals surface area contributed by atoms with E-state index in [0.29, 0.717) is 6.54 Å². The van der Waals surface area contributed by atoms with Gasteiger partial charge >= 0.3 is 0 Å². The molecule has 4 heteroatoms. The zero-order valence-corrected chi connectivity index (χ0v) is 11.6. The van der Waals surface area contributed by atoms with Crippen molar-refractivity contribution in [2.24, 2.45) is 0 Å². The third kappa shape index (κ3) is 3.25. The van der Waals surface area contributed by atoms with Crippen molar-refractivity contribution in [1.82, 2.24) is 10.3 Å². The van der Waals surface area contributed by atoms with Crippen molar-refractivity contribution in [3.63, 3.8) is 0 Å². The number of carbonyl (C=O) groups is 1. The van der Waals surface area contributed by atoms with Gasteiger partial charge in [0, 0.05) is 24.0 Å². The molecule has 1 aromatic heterocycles. The number of hydrogen-bond donors (Lipinski definition) is 2. The van der Waals surface area contributed by atoms with Crippen molar-refractivity contribution in [3.8, 4) is 0 Å². The molecular weight excluding hydrogens is 240 g/mol. The van der Waals surface area contributed by atoms with Gasteiger partial charge in [0.2, 0.25) is 0 Å². The lowest BCUT2D eigenvalue weighted by molar-refractivity contribution is 0.0951. The number of pyridine rings is 1. The van der Waals surface area contributed by atoms with E-state index in [4.69, 9.17) is 0 Å². The van der Waals surface area contributed by atoms with Crippen LogP contribution in [0.15, 0.2) is 11.0 Å². The van der Waals surface area contributed by atoms with Crippen molar-refractivity contribution >= 4 is 5.91 Å². The number of fused-ring (bicyclic) bond motifs is 1. The second kappa shape index (κ2) is 6.55. The van der Waals surface area contributed by atoms with Crippen molar-refractivity contribution in [3.05, 3.63) is 33.2 Å². The van der Waals surface area contributed by atoms with Crippen LogP contribution in [0, 0.1) is 0 Å². The van der Waals surface area contributed by atoms with Crippen LogP contribution in [-0.2, 0) is 12.8 Å². The first-order valence-electron chi connectivity index (χ1n) is 7.25. The number of rotatable bonds is 4. The summed E-state index contributed by atoms with van der Waals surface area (Å²) in [5, 5.41) is 2.80. The zero-order valence-electron chi connectivity index (χ0n) is 11.6. The molecule has 0 bridgehead atoms. The molecular formula is C15H22N2O2. The number of aryl methyl sites for hydroxylation is 1. The highest BCUT2D eigenvalue weighted by molar-refractivity contribution is 5.94. The van der Waals surface area contributed by atoms with Crippen LogP contribution in [0.2, 0.25) is 0 Å². The lowest BCUT2D eigenvalue weighted by Gasteiger charge is -2.08. The summed E-state index contributed by atoms with van der Waals surface area (Å²) in [6, 6.07) is 0. The fourth-order valence-electron chi connectivity index (χ4n) is 2.52. The van der Waals surface area contributed by atoms with E-state index in [2.05, 4.69) is 17.2 Å². The highest BCUT2D eigenvalue weighted by Gasteiger charge is 2.17. The third-order valence-electron chi connectivity index (χ3n) is 3.69. The lowest BCUT2D eigenvalue weighted by atomic mass is 10.1. The number of hydrogen-bond acceptors (Lipinski definition) is 2. The fraction of sp³-hybridized carbons (Fsp3) is 0.600. The molecule has 0 saturated carbocycles. The topological polar surface area (TPSA) is 62.0 Å². The van der Waals surface area contributed by atoms with Gasteiger partial charge in [0.25, 0.3) is 5.91 Å². The molecule has 1 amide bonds. The zero-order chi connectivity index (χ0) is 13.7. The summed E-state index contributed by atoms with van der Waals surface area (Å²) < 4.78 is 0. The Labute approximate surface area is 113 Å². The fourth-order valence-corrected chi connectivity index (χ4v) is 2.52. The Morgan fingerprint density at radius 2 is 2.11 bits per heavy atom. The molecule has 1 aliphatic rings. The molecule has 104 valence electrons. The van der Waals surface area contributed by atoms with E-state index >= 15 is 0 Å². The minimum absolute atomic E-state index is 0.0790. The molecule has 0 aliphatic heterocycles. The smallest absolute Gasteiger partial charge is 0.256 e. The molecule has 1 heterocycles. The van der Waals surface area contributed by atoms with Gasteiger partial charge in [0.05, 0.1) is 0 Å². The van der Waals surface area contributed by atoms with Crippen molar-refractivity contribution < 1.29 is 4.79 Å². The highest BCUT2D eigenvalue weighted by Crippen LogP contribution is 2.16. The minimum Gasteiger partial charge on any atom is -0.364 e. The van der Waals surface area contributed by atoms with E-state index in [0.717, 1.165) is 56.2 Å². The maximum atomic E-state index is 12.4. The molecule has 4 nitrogen and oxygen atoms in total. The van der Waals surface area contributed by atoms with E-state index in [9.17, 15) is 9.59 Å². The van der Waals surface area contributed by atoms with Crippen LogP contribution in [-0.4, -0.2) is 17.4 Å². The monoisotopic (exact) mass is 262 g/mol. The number of carbonyl (C=O) groups excluding carboxylic acids is 1. The molecule has 2 rings (SSSR count). The van der Waals surface area contributed by atoms with Crippen LogP contribution in [0.5, 0.6) is 0 Å². The van der Waals surface area contributed by atoms with Crippen LogP contribution in [0.25, 0.3) is 0 Å². The van der Waals surface area contributed by atoms with Crippen LogP contribution < -0.4 is 10.7 Å². The summed E-state index contributed by atoms with van der Waals surface area (Å²) in [4.78, 5) is 27.5. The Hall–Kier alpha value is -1.58. The van der Waals surface area contributed by atoms with Crippen LogP contribution in [0.4, 0.5) is 0 Å². The number of aromatic nitrogens is 1. The maximum Gasteiger partial charge on any atom is 0.256 e. The number of H-pyrrole nitrogens is 1. The molecule has 0 atom stereocenters. The summed E-state index contributed by atoms with van der Waals surface area (Å²) in [6.07, 6.45) is 8.56. The van der Waals surface area contributed by atoms with Crippen LogP contribution in [0.3, 0.4) is 0 Å². The van der Waals surface area contributed by atoms with Crippen molar-refractivity contribution in [1.29, 1.82) is 0 Å². The molecule has 0 saturated heterocycles. The summed E-state index contributed by atoms with van der Waals surface area (Å²) in [6.45, 7) is 2.70. The van der Waals surface area contributed by atoms with Gasteiger partial charge in [0.15, 0.2) is 5.43 Å². The van der Waals surface area contributed by atoms with Gasteiger partial charge < -0.3 is 10.3 Å². The molecule has 0 unspecified atom stereocenters. The van der Waals surface area contributed by atoms with Crippen molar-refractivity contribution in [2.45, 2.75) is 51.9 Å². The Kier molecular flexibility index (Phi) is 4.77. The summed E-state index contributed by atoms with van der Waals surface area (Å²) in [5.74, 6) is -0.248. The molecule has 0 aromatic carbocycles. The van der Waals surface area contributed by atoms with E-state index < -0.39 is 0 Å². The number of nitrogens with one attached hydrogen (secondary N) is 2. The molecule has 1 aliphatic carbocycles. The Bertz CT molecular complexity index is 505. The first-order chi connectivity index (χ1) is 9.24. The average molecular weight is 262 g/mol. The van der Waals surface area contributed by atoms with Gasteiger partial charge in [-0.3, -0.25) is 9.59 Å². The van der Waals surface area contributed by atoms with E-state index in [1.54, 1.807) is 6.20 Å². The predicted molar refractivity (Wildman–Crippen MR) is 75.6 cm³/mol. The van der Waals surface area contributed by atoms with Gasteiger partial charge in [-0.2, -0.15) is 0 Å². The molecule has 0 radical (unpaired) electrons. The SMILES string of the molecule is CCCCNC(=O)c1c[nH]c2c(c1=O)CCCCC2. The summed E-state index contributed by atoms with van der Waals surface area (Å²) in [7, 11) is 0. The number of amides is 1. The molecule has 2 N–H and O–H groups in total. The summed E-state index contributed by atoms with van der Waals surface area (Å²) >= 11 is 0. The van der Waals surface area contributed by atoms with Crippen LogP contribution in [0.1, 0.15) is 60.6 Å². The second-order valence-electron chi connectivity index (χ2n) is 5.16. The van der Waals surface area contributed by atoms with Gasteiger partial charge in [-0.1, -0.05) is 19.8 Å². The second-order valence-corrected chi connectivity index (χ2v) is 5.16. The molecule has 0 spiro atoms. The quantitative estimate of drug-likeness (QED) is 0.645. The molecule has 0 fully saturated rings. The van der Waals surface area contributed by atoms with Gasteiger partial charge in [-0.05, 0) is 32.1 Å². The highest BCUT2D eigenvalue weighted by atomic mass is 16.2. The summed E-state index contributed by atoms with van der Waals surface area (Å²) in [5.41, 5.74) is 2.02. The Balaban J connectivity index is 2.20. The Morgan fingerprint density at radius 3 is 2.89 bits per heavy atom. The lowest BCUT2D eigenvalue weighted by Crippen LogP contribution is -2.31. The minimum atomic E-state index is -0.248. The average Bonchev–Trinajstić information content (AvgIpc) is 2.65. The third-order valence-corrected chi connectivity index (χ3v) is 3.69. The number of unbranched alkanes of at least 4 members (excludes halogenated alkanes) is 1. The molecule has 19 heavy (non-hydrogen) atoms. The van der Waals surface area contributed by atoms with Crippen LogP contribution >= 0.6 is 0 Å². The first kappa shape index (κ1) is 13.8.